The van der Waals surface area contributed by atoms with Gasteiger partial charge in [-0.05, 0) is 98.6 Å². The van der Waals surface area contributed by atoms with Gasteiger partial charge in [-0.15, -0.1) is 11.8 Å². The predicted octanol–water partition coefficient (Wildman–Crippen LogP) is 9.71. The molecule has 5 rings (SSSR count). The summed E-state index contributed by atoms with van der Waals surface area (Å²) < 4.78 is 29.0. The van der Waals surface area contributed by atoms with Crippen molar-refractivity contribution in [1.82, 2.24) is 20.0 Å². The number of aliphatic hydroxyl groups is 1. The summed E-state index contributed by atoms with van der Waals surface area (Å²) in [6.07, 6.45) is 4.78. The van der Waals surface area contributed by atoms with Gasteiger partial charge in [-0.2, -0.15) is 0 Å². The molecule has 0 radical (unpaired) electrons. The number of rotatable bonds is 17. The number of ether oxygens (including phenoxy) is 5. The molecule has 2 aliphatic carbocycles. The van der Waals surface area contributed by atoms with Gasteiger partial charge >= 0.3 is 18.2 Å². The van der Waals surface area contributed by atoms with E-state index in [4.69, 9.17) is 35.3 Å². The first kappa shape index (κ1) is 66.6. The molecule has 0 spiro atoms. The van der Waals surface area contributed by atoms with E-state index >= 15 is 0 Å². The van der Waals surface area contributed by atoms with Crippen LogP contribution in [-0.4, -0.2) is 168 Å². The first-order valence-corrected chi connectivity index (χ1v) is 31.2. The van der Waals surface area contributed by atoms with Crippen LogP contribution in [0.1, 0.15) is 126 Å². The average molecular weight is 1200 g/mol. The number of carbonyl (C=O) groups is 7. The van der Waals surface area contributed by atoms with Crippen LogP contribution in [0.3, 0.4) is 0 Å². The van der Waals surface area contributed by atoms with E-state index in [1.165, 1.54) is 69.3 Å². The van der Waals surface area contributed by atoms with Crippen molar-refractivity contribution in [1.29, 1.82) is 0 Å². The second kappa shape index (κ2) is 28.0. The molecule has 1 saturated heterocycles. The topological polar surface area (TPSA) is 211 Å². The molecule has 22 heteroatoms. The van der Waals surface area contributed by atoms with Gasteiger partial charge < -0.3 is 48.4 Å². The Balaban J connectivity index is 1.21. The van der Waals surface area contributed by atoms with E-state index in [0.717, 1.165) is 30.4 Å². The predicted molar refractivity (Wildman–Crippen MR) is 317 cm³/mol. The summed E-state index contributed by atoms with van der Waals surface area (Å²) in [5, 5.41) is 14.8. The summed E-state index contributed by atoms with van der Waals surface area (Å²) >= 11 is 8.28. The molecule has 0 aromatic heterocycles. The average Bonchev–Trinajstić information content (AvgIpc) is 4.31. The van der Waals surface area contributed by atoms with Crippen molar-refractivity contribution in [3.63, 3.8) is 0 Å². The molecule has 1 aromatic carbocycles. The van der Waals surface area contributed by atoms with Crippen molar-refractivity contribution < 1.29 is 62.4 Å². The number of carbonyl (C=O) groups excluding carboxylic acids is 7. The lowest BCUT2D eigenvalue weighted by Gasteiger charge is -2.42. The van der Waals surface area contributed by atoms with Gasteiger partial charge in [-0.1, -0.05) is 102 Å². The zero-order valence-corrected chi connectivity index (χ0v) is 53.0. The van der Waals surface area contributed by atoms with Gasteiger partial charge in [-0.25, -0.2) is 14.4 Å². The Labute approximate surface area is 491 Å². The minimum Gasteiger partial charge on any atom is -0.495 e. The molecule has 2 N–H and O–H groups in total. The number of fused-ring (bicyclic) bond motifs is 5. The first-order chi connectivity index (χ1) is 37.2. The van der Waals surface area contributed by atoms with Crippen LogP contribution in [0.2, 0.25) is 5.02 Å². The Morgan fingerprint density at radius 2 is 1.66 bits per heavy atom. The van der Waals surface area contributed by atoms with Gasteiger partial charge in [-0.3, -0.25) is 24.5 Å². The first-order valence-electron chi connectivity index (χ1n) is 27.6. The lowest BCUT2D eigenvalue weighted by atomic mass is 9.83. The maximum Gasteiger partial charge on any atom is 0.409 e. The Kier molecular flexibility index (Phi) is 23.3. The zero-order chi connectivity index (χ0) is 59.8. The summed E-state index contributed by atoms with van der Waals surface area (Å²) in [4.78, 5) is 101. The number of allylic oxidation sites excluding steroid dienone is 3. The number of benzene rings is 1. The fraction of sp³-hybridized carbons (Fsp3) is 0.707. The molecule has 3 fully saturated rings. The number of amides is 5. The third-order valence-electron chi connectivity index (χ3n) is 16.4. The highest BCUT2D eigenvalue weighted by Crippen LogP contribution is 2.61. The van der Waals surface area contributed by atoms with Gasteiger partial charge in [0, 0.05) is 76.8 Å². The quantitative estimate of drug-likeness (QED) is 0.0844. The molecule has 448 valence electrons. The largest absolute Gasteiger partial charge is 0.495 e. The van der Waals surface area contributed by atoms with Crippen molar-refractivity contribution in [2.24, 2.45) is 28.6 Å². The van der Waals surface area contributed by atoms with E-state index in [9.17, 15) is 38.7 Å². The third-order valence-corrected chi connectivity index (χ3v) is 21.5. The summed E-state index contributed by atoms with van der Waals surface area (Å²) in [5.41, 5.74) is -0.967. The van der Waals surface area contributed by atoms with Crippen molar-refractivity contribution >= 4 is 91.6 Å². The van der Waals surface area contributed by atoms with Crippen LogP contribution in [-0.2, 0) is 49.3 Å². The highest BCUT2D eigenvalue weighted by molar-refractivity contribution is 8.82. The summed E-state index contributed by atoms with van der Waals surface area (Å²) in [5.74, 6) is -1.38. The molecule has 1 aromatic rings. The van der Waals surface area contributed by atoms with Crippen LogP contribution < -0.4 is 15.0 Å². The molecular formula is C58H88ClN5O13S3. The van der Waals surface area contributed by atoms with Crippen LogP contribution >= 0.6 is 45.0 Å². The minimum atomic E-state index is -1.82. The van der Waals surface area contributed by atoms with Gasteiger partial charge in [0.2, 0.25) is 22.8 Å². The van der Waals surface area contributed by atoms with Gasteiger partial charge in [0.25, 0.3) is 0 Å². The van der Waals surface area contributed by atoms with E-state index in [2.05, 4.69) is 12.2 Å². The fourth-order valence-corrected chi connectivity index (χ4v) is 15.0. The van der Waals surface area contributed by atoms with Crippen LogP contribution in [0.4, 0.5) is 15.3 Å². The zero-order valence-electron chi connectivity index (χ0n) is 49.8. The van der Waals surface area contributed by atoms with Crippen LogP contribution in [0.15, 0.2) is 35.9 Å². The van der Waals surface area contributed by atoms with Crippen LogP contribution in [0, 0.1) is 28.6 Å². The maximum atomic E-state index is 14.5. The van der Waals surface area contributed by atoms with Crippen LogP contribution in [0.5, 0.6) is 5.75 Å². The molecule has 80 heavy (non-hydrogen) atoms. The highest BCUT2D eigenvalue weighted by atomic mass is 35.5. The number of thioether (sulfide) groups is 1. The Morgan fingerprint density at radius 1 is 0.988 bits per heavy atom. The van der Waals surface area contributed by atoms with E-state index in [1.54, 1.807) is 51.2 Å². The van der Waals surface area contributed by atoms with Crippen molar-refractivity contribution in [3.8, 4) is 5.75 Å². The van der Waals surface area contributed by atoms with Gasteiger partial charge in [0.05, 0.1) is 30.2 Å². The Morgan fingerprint density at radius 3 is 2.31 bits per heavy atom. The van der Waals surface area contributed by atoms with E-state index < -0.39 is 69.7 Å². The van der Waals surface area contributed by atoms with Crippen molar-refractivity contribution in [2.45, 2.75) is 173 Å². The molecule has 18 nitrogen and oxygen atoms in total. The lowest BCUT2D eigenvalue weighted by Crippen LogP contribution is -2.63. The molecule has 4 aliphatic rings. The number of likely N-dealkylation sites (N-methyl/N-ethyl adjacent to an activating group) is 3. The third kappa shape index (κ3) is 17.2. The molecule has 1 unspecified atom stereocenters. The molecular weight excluding hydrogens is 1110 g/mol. The van der Waals surface area contributed by atoms with Crippen molar-refractivity contribution in [2.75, 3.05) is 66.2 Å². The van der Waals surface area contributed by atoms with Gasteiger partial charge in [0.15, 0.2) is 5.72 Å². The number of alkyl carbamates (subject to hydrolysis) is 1. The van der Waals surface area contributed by atoms with Crippen LogP contribution in [0.25, 0.3) is 0 Å². The number of nitrogens with zero attached hydrogens (tertiary/aromatic N) is 4. The molecule has 11 atom stereocenters. The maximum absolute atomic E-state index is 14.5. The molecule has 2 saturated carbocycles. The van der Waals surface area contributed by atoms with E-state index in [0.29, 0.717) is 30.7 Å². The molecule has 5 amide bonds. The molecule has 2 aliphatic heterocycles. The van der Waals surface area contributed by atoms with Gasteiger partial charge in [0.1, 0.15) is 41.2 Å². The lowest BCUT2D eigenvalue weighted by molar-refractivity contribution is -0.163. The monoisotopic (exact) mass is 1190 g/mol. The summed E-state index contributed by atoms with van der Waals surface area (Å²) in [6.45, 7) is 19.6. The number of hydrogen-bond acceptors (Lipinski definition) is 16. The molecule has 2 heterocycles. The Hall–Kier alpha value is -4.15. The second-order valence-electron chi connectivity index (χ2n) is 24.3. The number of hydrogen-bond donors (Lipinski definition) is 2. The number of halogens is 1. The standard InChI is InChI=1S/C58H88ClN5O13S3/c1-34-19-17-22-44(74-16)58(72)32-43(75-53(70)60-58)36(3)39-31-57(39,10)45(30-47(66)64(14)40-28-38(27-34)29-42(73-15)49(40)59)77-51(68)37(4)63(13)46(65)23-24-56(8,9)78-33-48(67)61(11)25-26-62(12)54(71)76-41-21-18-20-35(2)50(41)79-80-52(69)55(5,6)7/h17,19,22,28-29,35-37,39,41,43-45,50,72H,18,20-21,23-27,30-33H2,1-16H3,(H,60,70)/b22-17+,34-19+/t35?,36-,37-,39-,41-,43-,44+,45-,50-,57-,58-/m0/s1. The molecule has 4 bridgehead atoms. The number of anilines is 1. The highest BCUT2D eigenvalue weighted by Gasteiger charge is 2.62. The SMILES string of the molecule is COc1cc2cc(c1Cl)N(C)C(=O)C[C@H](OC(=O)[C@H](C)N(C)C(=O)CCC(C)(C)SCC(=O)N(C)CCN(C)C(=O)O[C@H]1CCCC(C)[C@@H]1SSC(=O)C(C)(C)C)[C@@]1(C)C[C@H]1[C@H](C)[C@@H]1C[C@@](O)(NC(=O)O1)[C@H](OC)/C=C/C=C(\C)C2. The smallest absolute Gasteiger partial charge is 0.409 e. The Bertz CT molecular complexity index is 2490. The second-order valence-corrected chi connectivity index (χ2v) is 28.7. The normalized spacial score (nSPS) is 28.8. The summed E-state index contributed by atoms with van der Waals surface area (Å²) in [6, 6.07) is 2.56. The van der Waals surface area contributed by atoms with Crippen molar-refractivity contribution in [3.05, 3.63) is 46.5 Å². The van der Waals surface area contributed by atoms with E-state index in [1.807, 2.05) is 67.5 Å². The number of nitrogens with one attached hydrogen (secondary N) is 1. The number of esters is 1. The number of methoxy groups -OCH3 is 2. The summed E-state index contributed by atoms with van der Waals surface area (Å²) in [7, 11) is 12.1. The van der Waals surface area contributed by atoms with E-state index in [-0.39, 0.29) is 89.2 Å². The fourth-order valence-electron chi connectivity index (χ4n) is 10.4. The minimum absolute atomic E-state index is 0.0109.